The molecule has 2 fully saturated rings. The minimum Gasteiger partial charge on any atom is -0.341 e. The third-order valence-electron chi connectivity index (χ3n) is 5.62. The van der Waals surface area contributed by atoms with Crippen LogP contribution < -0.4 is 10.9 Å². The number of likely N-dealkylation sites (tertiary alicyclic amines) is 1. The molecule has 0 aliphatic carbocycles. The summed E-state index contributed by atoms with van der Waals surface area (Å²) in [7, 11) is 0. The van der Waals surface area contributed by atoms with Gasteiger partial charge in [-0.05, 0) is 37.3 Å². The Hall–Kier alpha value is -2.62. The van der Waals surface area contributed by atoms with Gasteiger partial charge in [0.15, 0.2) is 0 Å². The van der Waals surface area contributed by atoms with Crippen LogP contribution in [0.2, 0.25) is 0 Å². The first-order valence-corrected chi connectivity index (χ1v) is 9.68. The number of piperidine rings is 1. The number of fused-ring (bicyclic) bond motifs is 1. The third kappa shape index (κ3) is 4.07. The molecule has 0 spiro atoms. The van der Waals surface area contributed by atoms with Gasteiger partial charge in [-0.15, -0.1) is 0 Å². The first-order valence-electron chi connectivity index (χ1n) is 9.68. The highest BCUT2D eigenvalue weighted by Gasteiger charge is 2.38. The van der Waals surface area contributed by atoms with E-state index in [9.17, 15) is 22.8 Å². The highest BCUT2D eigenvalue weighted by molar-refractivity contribution is 5.85. The van der Waals surface area contributed by atoms with E-state index in [2.05, 4.69) is 15.8 Å². The maximum absolute atomic E-state index is 13.5. The zero-order valence-electron chi connectivity index (χ0n) is 15.7. The molecule has 1 aromatic heterocycles. The molecule has 1 unspecified atom stereocenters. The second kappa shape index (κ2) is 7.66. The molecule has 0 bridgehead atoms. The number of nitrogens with zero attached hydrogens (tertiary/aromatic N) is 3. The SMILES string of the molecule is O=C1CCC(C(=O)N2CCC(Cn3c(C(F)(F)F)nc4ccccc43)CC2)NN1. The fourth-order valence-corrected chi connectivity index (χ4v) is 4.05. The molecule has 2 aliphatic rings. The van der Waals surface area contributed by atoms with E-state index >= 15 is 0 Å². The fraction of sp³-hybridized carbons (Fsp3) is 0.526. The smallest absolute Gasteiger partial charge is 0.341 e. The van der Waals surface area contributed by atoms with Gasteiger partial charge in [0.1, 0.15) is 6.04 Å². The molecule has 2 N–H and O–H groups in total. The van der Waals surface area contributed by atoms with Gasteiger partial charge < -0.3 is 9.47 Å². The van der Waals surface area contributed by atoms with Crippen LogP contribution in [0.4, 0.5) is 13.2 Å². The summed E-state index contributed by atoms with van der Waals surface area (Å²) in [5, 5.41) is 0. The lowest BCUT2D eigenvalue weighted by molar-refractivity contribution is -0.147. The number of alkyl halides is 3. The van der Waals surface area contributed by atoms with E-state index in [4.69, 9.17) is 0 Å². The maximum Gasteiger partial charge on any atom is 0.449 e. The molecule has 1 aromatic carbocycles. The summed E-state index contributed by atoms with van der Waals surface area (Å²) in [4.78, 5) is 29.3. The largest absolute Gasteiger partial charge is 0.449 e. The number of imidazole rings is 1. The van der Waals surface area contributed by atoms with Crippen LogP contribution in [0.3, 0.4) is 0 Å². The van der Waals surface area contributed by atoms with Gasteiger partial charge in [0.05, 0.1) is 11.0 Å². The number of hydrogen-bond acceptors (Lipinski definition) is 4. The molecule has 2 saturated heterocycles. The number of amides is 2. The molecule has 2 aromatic rings. The Kier molecular flexibility index (Phi) is 5.20. The Balaban J connectivity index is 1.42. The molecule has 1 atom stereocenters. The molecule has 0 radical (unpaired) electrons. The number of halogens is 3. The Labute approximate surface area is 165 Å². The average Bonchev–Trinajstić information content (AvgIpc) is 3.08. The van der Waals surface area contributed by atoms with Crippen LogP contribution in [0.15, 0.2) is 24.3 Å². The van der Waals surface area contributed by atoms with E-state index in [1.54, 1.807) is 29.2 Å². The predicted octanol–water partition coefficient (Wildman–Crippen LogP) is 2.08. The molecular formula is C19H22F3N5O2. The van der Waals surface area contributed by atoms with Crippen molar-refractivity contribution in [1.82, 2.24) is 25.3 Å². The molecule has 0 saturated carbocycles. The van der Waals surface area contributed by atoms with Crippen LogP contribution in [0.25, 0.3) is 11.0 Å². The summed E-state index contributed by atoms with van der Waals surface area (Å²) in [6.45, 7) is 1.20. The van der Waals surface area contributed by atoms with Crippen molar-refractivity contribution >= 4 is 22.8 Å². The van der Waals surface area contributed by atoms with Crippen molar-refractivity contribution in [2.24, 2.45) is 5.92 Å². The molecular weight excluding hydrogens is 387 g/mol. The maximum atomic E-state index is 13.5. The van der Waals surface area contributed by atoms with Gasteiger partial charge in [-0.3, -0.25) is 15.0 Å². The van der Waals surface area contributed by atoms with Gasteiger partial charge >= 0.3 is 6.18 Å². The van der Waals surface area contributed by atoms with Crippen molar-refractivity contribution in [3.05, 3.63) is 30.1 Å². The zero-order chi connectivity index (χ0) is 20.6. The molecule has 10 heteroatoms. The third-order valence-corrected chi connectivity index (χ3v) is 5.62. The Morgan fingerprint density at radius 2 is 1.90 bits per heavy atom. The van der Waals surface area contributed by atoms with E-state index in [1.165, 1.54) is 4.57 Å². The van der Waals surface area contributed by atoms with Gasteiger partial charge in [-0.2, -0.15) is 13.2 Å². The van der Waals surface area contributed by atoms with Crippen LogP contribution in [0.5, 0.6) is 0 Å². The minimum atomic E-state index is -4.52. The lowest BCUT2D eigenvalue weighted by Gasteiger charge is -2.35. The van der Waals surface area contributed by atoms with Crippen molar-refractivity contribution in [2.45, 2.75) is 44.4 Å². The number of hydrazine groups is 1. The lowest BCUT2D eigenvalue weighted by Crippen LogP contribution is -2.57. The van der Waals surface area contributed by atoms with Crippen LogP contribution in [-0.4, -0.2) is 45.4 Å². The molecule has 7 nitrogen and oxygen atoms in total. The van der Waals surface area contributed by atoms with Crippen LogP contribution in [-0.2, 0) is 22.3 Å². The Bertz CT molecular complexity index is 908. The highest BCUT2D eigenvalue weighted by Crippen LogP contribution is 2.33. The standard InChI is InChI=1S/C19H22F3N5O2/c20-19(21,22)18-23-13-3-1-2-4-15(13)27(18)11-12-7-9-26(10-8-12)17(29)14-5-6-16(28)25-24-14/h1-4,12,14,24H,5-11H2,(H,25,28). The summed E-state index contributed by atoms with van der Waals surface area (Å²) >= 11 is 0. The molecule has 156 valence electrons. The predicted molar refractivity (Wildman–Crippen MR) is 98.3 cm³/mol. The lowest BCUT2D eigenvalue weighted by atomic mass is 9.95. The van der Waals surface area contributed by atoms with E-state index in [0.717, 1.165) is 0 Å². The van der Waals surface area contributed by atoms with Crippen molar-refractivity contribution in [3.8, 4) is 0 Å². The molecule has 4 rings (SSSR count). The second-order valence-corrected chi connectivity index (χ2v) is 7.58. The quantitative estimate of drug-likeness (QED) is 0.814. The number of rotatable bonds is 3. The number of benzene rings is 1. The van der Waals surface area contributed by atoms with Gasteiger partial charge in [-0.25, -0.2) is 10.4 Å². The zero-order valence-corrected chi connectivity index (χ0v) is 15.7. The van der Waals surface area contributed by atoms with Crippen LogP contribution in [0, 0.1) is 5.92 Å². The first kappa shape index (κ1) is 19.7. The number of carbonyl (C=O) groups is 2. The van der Waals surface area contributed by atoms with E-state index < -0.39 is 18.0 Å². The minimum absolute atomic E-state index is 0.0248. The summed E-state index contributed by atoms with van der Waals surface area (Å²) in [6, 6.07) is 6.17. The summed E-state index contributed by atoms with van der Waals surface area (Å²) in [5.41, 5.74) is 6.01. The van der Waals surface area contributed by atoms with Crippen molar-refractivity contribution in [1.29, 1.82) is 0 Å². The number of carbonyl (C=O) groups excluding carboxylic acids is 2. The van der Waals surface area contributed by atoms with Gasteiger partial charge in [0.2, 0.25) is 17.6 Å². The monoisotopic (exact) mass is 409 g/mol. The van der Waals surface area contributed by atoms with Crippen LogP contribution >= 0.6 is 0 Å². The summed E-state index contributed by atoms with van der Waals surface area (Å²) in [6.07, 6.45) is -2.54. The van der Waals surface area contributed by atoms with Crippen molar-refractivity contribution in [2.75, 3.05) is 13.1 Å². The number of hydrogen-bond donors (Lipinski definition) is 2. The topological polar surface area (TPSA) is 79.3 Å². The summed E-state index contributed by atoms with van der Waals surface area (Å²) < 4.78 is 41.7. The van der Waals surface area contributed by atoms with E-state index in [-0.39, 0.29) is 24.3 Å². The van der Waals surface area contributed by atoms with Crippen molar-refractivity contribution < 1.29 is 22.8 Å². The molecule has 3 heterocycles. The first-order chi connectivity index (χ1) is 13.8. The molecule has 29 heavy (non-hydrogen) atoms. The number of para-hydroxylation sites is 2. The number of aromatic nitrogens is 2. The number of nitrogens with one attached hydrogen (secondary N) is 2. The molecule has 2 amide bonds. The van der Waals surface area contributed by atoms with E-state index in [0.29, 0.717) is 49.8 Å². The van der Waals surface area contributed by atoms with Crippen LogP contribution in [0.1, 0.15) is 31.5 Å². The Morgan fingerprint density at radius 1 is 1.17 bits per heavy atom. The highest BCUT2D eigenvalue weighted by atomic mass is 19.4. The second-order valence-electron chi connectivity index (χ2n) is 7.58. The van der Waals surface area contributed by atoms with Crippen molar-refractivity contribution in [3.63, 3.8) is 0 Å². The van der Waals surface area contributed by atoms with Gasteiger partial charge in [0, 0.05) is 26.1 Å². The van der Waals surface area contributed by atoms with Gasteiger partial charge in [0.25, 0.3) is 0 Å². The fourth-order valence-electron chi connectivity index (χ4n) is 4.05. The Morgan fingerprint density at radius 3 is 2.55 bits per heavy atom. The normalized spacial score (nSPS) is 21.4. The molecule has 2 aliphatic heterocycles. The summed E-state index contributed by atoms with van der Waals surface area (Å²) in [5.74, 6) is -1.07. The van der Waals surface area contributed by atoms with Gasteiger partial charge in [-0.1, -0.05) is 12.1 Å². The van der Waals surface area contributed by atoms with E-state index in [1.807, 2.05) is 0 Å². The average molecular weight is 409 g/mol.